The Balaban J connectivity index is 0. The first-order valence-electron chi connectivity index (χ1n) is 0. The maximum atomic E-state index is 0. The summed E-state index contributed by atoms with van der Waals surface area (Å²) in [5, 5.41) is 0. The third kappa shape index (κ3) is 57.6. The molecule has 0 aliphatic heterocycles. The van der Waals surface area contributed by atoms with Gasteiger partial charge in [0.1, 0.15) is 0 Å². The Hall–Kier alpha value is 7.58. The molecule has 0 amide bonds. The summed E-state index contributed by atoms with van der Waals surface area (Å²) < 4.78 is 0. The molecule has 0 nitrogen and oxygen atoms in total. The van der Waals surface area contributed by atoms with Gasteiger partial charge >= 0.3 is 120 Å². The first-order valence-corrected chi connectivity index (χ1v) is 0. The van der Waals surface area contributed by atoms with Crippen LogP contribution in [0.2, 0.25) is 0 Å². The third-order valence-corrected chi connectivity index (χ3v) is 0. The zero-order valence-electron chi connectivity index (χ0n) is 11.4. The van der Waals surface area contributed by atoms with Crippen LogP contribution in [0.3, 0.4) is 0 Å². The molecular weight excluding hydrogens is 530 g/mol. The number of hydrogen-bond donors (Lipinski definition) is 0. The van der Waals surface area contributed by atoms with Crippen LogP contribution in [0, 0.1) is 0 Å². The Morgan fingerprint density at radius 2 is 1.10 bits per heavy atom. The van der Waals surface area contributed by atoms with Gasteiger partial charge in [-0.15, -0.1) is 0 Å². The predicted molar refractivity (Wildman–Crippen MR) is 28.1 cm³/mol. The Kier molecular flexibility index (Phi) is 589. The maximum absolute atomic E-state index is 0. The molecular formula is H9AlBaCoLiMgMnNaNiTiZr. The molecule has 52 valence electrons. The molecule has 0 aromatic heterocycles. The fourth-order valence-electron chi connectivity index (χ4n) is 0. The molecule has 10 heavy (non-hydrogen) atoms. The molecule has 2 radical (unpaired) electrons. The molecule has 0 unspecified atom stereocenters. The van der Waals surface area contributed by atoms with E-state index in [1.165, 1.54) is 0 Å². The molecule has 0 aliphatic rings. The van der Waals surface area contributed by atoms with Gasteiger partial charge in [-0.05, 0) is 0 Å². The average Bonchev–Trinajstić information content (AvgIpc) is 0. The number of rotatable bonds is 0. The molecule has 0 fully saturated rings. The van der Waals surface area contributed by atoms with Crippen LogP contribution in [0.15, 0.2) is 0 Å². The Morgan fingerprint density at radius 1 is 1.10 bits per heavy atom. The van der Waals surface area contributed by atoms with E-state index in [4.69, 9.17) is 0 Å². The topological polar surface area (TPSA) is 0 Å². The fraction of sp³-hybridized carbons (Fsp3) is 0. The molecule has 0 heterocycles. The molecule has 0 bridgehead atoms. The molecule has 0 saturated carbocycles. The first-order chi connectivity index (χ1) is 0. The third-order valence-electron chi connectivity index (χ3n) is 0. The van der Waals surface area contributed by atoms with Crippen molar-refractivity contribution in [3.05, 3.63) is 0 Å². The van der Waals surface area contributed by atoms with Crippen molar-refractivity contribution >= 4 is 89.3 Å². The standard InChI is InChI=1S/Al.Ba.Co.Li.Mg.Mn.Na.Ni.Ti.Zr.9H/q;+2;;+1;+2;;+1;;;;;;;6*-1. The van der Waals surface area contributed by atoms with Crippen LogP contribution >= 0.6 is 0 Å². The van der Waals surface area contributed by atoms with Crippen LogP contribution in [0.25, 0.3) is 0 Å². The quantitative estimate of drug-likeness (QED) is 0.269. The summed E-state index contributed by atoms with van der Waals surface area (Å²) in [4.78, 5) is 0. The van der Waals surface area contributed by atoms with Crippen molar-refractivity contribution in [2.45, 2.75) is 0 Å². The molecule has 0 N–H and O–H groups in total. The van der Waals surface area contributed by atoms with E-state index in [9.17, 15) is 0 Å². The van der Waals surface area contributed by atoms with Crippen molar-refractivity contribution in [2.75, 3.05) is 0 Å². The maximum Gasteiger partial charge on any atom is 2.00 e. The largest absolute Gasteiger partial charge is 2.00 e. The van der Waals surface area contributed by atoms with Crippen molar-refractivity contribution < 1.29 is 155 Å². The zero-order chi connectivity index (χ0) is 0. The average molecular weight is 539 g/mol. The minimum absolute atomic E-state index is 0. The zero-order valence-corrected chi connectivity index (χ0v) is 20.5. The van der Waals surface area contributed by atoms with Crippen molar-refractivity contribution in [1.29, 1.82) is 0 Å². The predicted octanol–water partition coefficient (Wildman–Crippen LogP) is -7.27. The molecule has 0 aliphatic carbocycles. The molecule has 10 heteroatoms. The summed E-state index contributed by atoms with van der Waals surface area (Å²) in [5.74, 6) is 0. The second kappa shape index (κ2) is 70.0. The minimum Gasteiger partial charge on any atom is -1.00 e. The van der Waals surface area contributed by atoms with Gasteiger partial charge in [0.05, 0.1) is 0 Å². The summed E-state index contributed by atoms with van der Waals surface area (Å²) >= 11 is 0. The normalized spacial score (nSPS) is 0. The van der Waals surface area contributed by atoms with E-state index < -0.39 is 0 Å². The summed E-state index contributed by atoms with van der Waals surface area (Å²) in [5.41, 5.74) is 0. The summed E-state index contributed by atoms with van der Waals surface area (Å²) in [6.07, 6.45) is 0. The van der Waals surface area contributed by atoms with Crippen molar-refractivity contribution in [3.63, 3.8) is 0 Å². The van der Waals surface area contributed by atoms with E-state index >= 15 is 0 Å². The Labute approximate surface area is 238 Å². The Morgan fingerprint density at radius 3 is 1.10 bits per heavy atom. The van der Waals surface area contributed by atoms with Crippen molar-refractivity contribution in [1.82, 2.24) is 0 Å². The fourth-order valence-corrected chi connectivity index (χ4v) is 0. The van der Waals surface area contributed by atoms with Crippen LogP contribution in [0.5, 0.6) is 0 Å². The van der Waals surface area contributed by atoms with E-state index in [-0.39, 0.29) is 245 Å². The van der Waals surface area contributed by atoms with E-state index in [1.54, 1.807) is 0 Å². The summed E-state index contributed by atoms with van der Waals surface area (Å²) in [6, 6.07) is 0. The van der Waals surface area contributed by atoms with Crippen LogP contribution in [0.1, 0.15) is 8.56 Å². The van der Waals surface area contributed by atoms with Crippen molar-refractivity contribution in [2.24, 2.45) is 0 Å². The van der Waals surface area contributed by atoms with Gasteiger partial charge in [0.2, 0.25) is 0 Å². The summed E-state index contributed by atoms with van der Waals surface area (Å²) in [7, 11) is 0. The molecule has 0 rings (SSSR count). The van der Waals surface area contributed by atoms with Gasteiger partial charge in [-0.1, -0.05) is 0 Å². The van der Waals surface area contributed by atoms with E-state index in [2.05, 4.69) is 0 Å². The van der Waals surface area contributed by atoms with Gasteiger partial charge in [0, 0.05) is 98.3 Å². The SMILES string of the molecule is [AlH3].[Ba+2].[Co].[H-].[H-].[H-].[H-].[H-].[H-].[Li+].[Mg+2].[Mn].[Na+].[Ni].[Ti].[Zr]. The smallest absolute Gasteiger partial charge is 1.00 e. The van der Waals surface area contributed by atoms with Crippen LogP contribution in [0.4, 0.5) is 0 Å². The minimum atomic E-state index is 0. The van der Waals surface area contributed by atoms with E-state index in [0.717, 1.165) is 0 Å². The summed E-state index contributed by atoms with van der Waals surface area (Å²) in [6.45, 7) is 0. The van der Waals surface area contributed by atoms with E-state index in [1.807, 2.05) is 0 Å². The van der Waals surface area contributed by atoms with Crippen LogP contribution in [-0.2, 0) is 98.3 Å². The van der Waals surface area contributed by atoms with Gasteiger partial charge in [-0.3, -0.25) is 0 Å². The first kappa shape index (κ1) is 84.1. The van der Waals surface area contributed by atoms with Gasteiger partial charge in [-0.2, -0.15) is 0 Å². The second-order valence-electron chi connectivity index (χ2n) is 0. The molecule has 0 atom stereocenters. The molecule has 0 aromatic rings. The second-order valence-corrected chi connectivity index (χ2v) is 0. The van der Waals surface area contributed by atoms with E-state index in [0.29, 0.717) is 0 Å². The monoisotopic (exact) mass is 538 g/mol. The molecule has 0 saturated heterocycles. The van der Waals surface area contributed by atoms with Gasteiger partial charge in [-0.25, -0.2) is 0 Å². The van der Waals surface area contributed by atoms with Gasteiger partial charge in [0.25, 0.3) is 0 Å². The van der Waals surface area contributed by atoms with Crippen LogP contribution < -0.4 is 48.4 Å². The number of hydrogen-bond acceptors (Lipinski definition) is 0. The molecule has 0 spiro atoms. The van der Waals surface area contributed by atoms with Crippen molar-refractivity contribution in [3.8, 4) is 0 Å². The molecule has 0 aromatic carbocycles. The van der Waals surface area contributed by atoms with Crippen LogP contribution in [-0.4, -0.2) is 89.3 Å². The van der Waals surface area contributed by atoms with Gasteiger partial charge < -0.3 is 8.56 Å². The van der Waals surface area contributed by atoms with Gasteiger partial charge in [0.15, 0.2) is 17.4 Å². The Bertz CT molecular complexity index is 48.5.